The van der Waals surface area contributed by atoms with Crippen LogP contribution in [0.2, 0.25) is 0 Å². The average Bonchev–Trinajstić information content (AvgIpc) is 2.65. The molecule has 0 heterocycles. The smallest absolute Gasteiger partial charge is 0.0626 e. The molecule has 0 aromatic heterocycles. The molecule has 0 aromatic rings. The van der Waals surface area contributed by atoms with Crippen LogP contribution in [0.15, 0.2) is 0 Å². The lowest BCUT2D eigenvalue weighted by molar-refractivity contribution is -0.109. The minimum absolute atomic E-state index is 0.101. The van der Waals surface area contributed by atoms with Gasteiger partial charge in [-0.2, -0.15) is 0 Å². The van der Waals surface area contributed by atoms with Gasteiger partial charge in [0.05, 0.1) is 12.2 Å². The molecule has 0 aromatic carbocycles. The normalized spacial score (nSPS) is 41.5. The van der Waals surface area contributed by atoms with Crippen LogP contribution in [-0.2, 0) is 0 Å². The summed E-state index contributed by atoms with van der Waals surface area (Å²) in [5.41, 5.74) is 0. The topological polar surface area (TPSA) is 40.5 Å². The van der Waals surface area contributed by atoms with E-state index in [4.69, 9.17) is 0 Å². The van der Waals surface area contributed by atoms with Gasteiger partial charge in [-0.1, -0.05) is 48.0 Å². The highest BCUT2D eigenvalue weighted by Gasteiger charge is 2.48. The van der Waals surface area contributed by atoms with Crippen molar-refractivity contribution in [3.63, 3.8) is 0 Å². The largest absolute Gasteiger partial charge is 0.392 e. The van der Waals surface area contributed by atoms with Gasteiger partial charge in [-0.3, -0.25) is 0 Å². The molecule has 136 valence electrons. The molecule has 0 radical (unpaired) electrons. The summed E-state index contributed by atoms with van der Waals surface area (Å²) in [4.78, 5) is 0. The monoisotopic (exact) mass is 324 g/mol. The lowest BCUT2D eigenvalue weighted by Gasteiger charge is -2.46. The third-order valence-electron chi connectivity index (χ3n) is 7.65. The highest BCUT2D eigenvalue weighted by molar-refractivity contribution is 4.97. The molecule has 2 aliphatic carbocycles. The predicted molar refractivity (Wildman–Crippen MR) is 97.1 cm³/mol. The fraction of sp³-hybridized carbons (Fsp3) is 1.00. The first-order valence-corrected chi connectivity index (χ1v) is 10.1. The Morgan fingerprint density at radius 2 is 1.13 bits per heavy atom. The standard InChI is InChI=1S/C21H40O2/c1-12(2)14(5)17-9-7-8-16-10-11-18(15(6)13(3)4)21(23)19(16)20(17)22/h12-23H,7-11H2,1-6H3/t14?,15?,16?,17-,18-,19?,20?,21?/m1/s1. The second-order valence-electron chi connectivity index (χ2n) is 9.36. The Bertz CT molecular complexity index is 365. The summed E-state index contributed by atoms with van der Waals surface area (Å²) < 4.78 is 0. The van der Waals surface area contributed by atoms with Crippen molar-refractivity contribution >= 4 is 0 Å². The van der Waals surface area contributed by atoms with E-state index in [1.54, 1.807) is 0 Å². The molecule has 0 saturated heterocycles. The van der Waals surface area contributed by atoms with E-state index < -0.39 is 0 Å². The van der Waals surface area contributed by atoms with Gasteiger partial charge in [0.25, 0.3) is 0 Å². The van der Waals surface area contributed by atoms with E-state index in [-0.39, 0.29) is 18.1 Å². The van der Waals surface area contributed by atoms with Crippen molar-refractivity contribution in [1.29, 1.82) is 0 Å². The molecule has 6 unspecified atom stereocenters. The number of rotatable bonds is 4. The summed E-state index contributed by atoms with van der Waals surface area (Å²) in [6.07, 6.45) is 5.24. The molecule has 0 aliphatic heterocycles. The second-order valence-corrected chi connectivity index (χ2v) is 9.36. The second kappa shape index (κ2) is 7.87. The van der Waals surface area contributed by atoms with Gasteiger partial charge in [-0.05, 0) is 67.1 Å². The maximum absolute atomic E-state index is 11.2. The average molecular weight is 325 g/mol. The molecular weight excluding hydrogens is 284 g/mol. The van der Waals surface area contributed by atoms with E-state index in [1.165, 1.54) is 19.3 Å². The Balaban J connectivity index is 2.20. The number of hydrogen-bond acceptors (Lipinski definition) is 2. The molecule has 8 atom stereocenters. The van der Waals surface area contributed by atoms with Crippen molar-refractivity contribution in [2.75, 3.05) is 0 Å². The first-order valence-electron chi connectivity index (χ1n) is 10.1. The first-order chi connectivity index (χ1) is 10.8. The number of fused-ring (bicyclic) bond motifs is 1. The van der Waals surface area contributed by atoms with Crippen LogP contribution in [0.4, 0.5) is 0 Å². The molecule has 2 saturated carbocycles. The van der Waals surface area contributed by atoms with Crippen molar-refractivity contribution in [3.8, 4) is 0 Å². The van der Waals surface area contributed by atoms with Crippen molar-refractivity contribution in [2.45, 2.75) is 85.9 Å². The van der Waals surface area contributed by atoms with E-state index in [9.17, 15) is 10.2 Å². The van der Waals surface area contributed by atoms with Gasteiger partial charge in [0, 0.05) is 5.92 Å². The molecule has 0 bridgehead atoms. The van der Waals surface area contributed by atoms with Gasteiger partial charge >= 0.3 is 0 Å². The van der Waals surface area contributed by atoms with Gasteiger partial charge in [-0.25, -0.2) is 0 Å². The molecule has 2 nitrogen and oxygen atoms in total. The van der Waals surface area contributed by atoms with Gasteiger partial charge in [0.15, 0.2) is 0 Å². The van der Waals surface area contributed by atoms with E-state index in [0.717, 1.165) is 12.8 Å². The molecule has 2 fully saturated rings. The van der Waals surface area contributed by atoms with Crippen LogP contribution in [0.3, 0.4) is 0 Å². The summed E-state index contributed by atoms with van der Waals surface area (Å²) in [5, 5.41) is 22.4. The van der Waals surface area contributed by atoms with Crippen molar-refractivity contribution < 1.29 is 10.2 Å². The summed E-state index contributed by atoms with van der Waals surface area (Å²) >= 11 is 0. The molecule has 2 aliphatic rings. The lowest BCUT2D eigenvalue weighted by Crippen LogP contribution is -2.49. The van der Waals surface area contributed by atoms with E-state index in [1.807, 2.05) is 0 Å². The molecule has 2 heteroatoms. The molecular formula is C21H40O2. The van der Waals surface area contributed by atoms with Crippen LogP contribution < -0.4 is 0 Å². The molecule has 23 heavy (non-hydrogen) atoms. The quantitative estimate of drug-likeness (QED) is 0.784. The van der Waals surface area contributed by atoms with Gasteiger partial charge in [-0.15, -0.1) is 0 Å². The zero-order chi connectivity index (χ0) is 17.3. The number of aliphatic hydroxyl groups is 2. The molecule has 0 spiro atoms. The van der Waals surface area contributed by atoms with Crippen LogP contribution in [-0.4, -0.2) is 22.4 Å². The maximum Gasteiger partial charge on any atom is 0.0626 e. The summed E-state index contributed by atoms with van der Waals surface area (Å²) in [7, 11) is 0. The molecule has 0 amide bonds. The minimum Gasteiger partial charge on any atom is -0.392 e. The fourth-order valence-corrected chi connectivity index (χ4v) is 5.36. The Morgan fingerprint density at radius 3 is 1.61 bits per heavy atom. The third kappa shape index (κ3) is 3.95. The highest BCUT2D eigenvalue weighted by atomic mass is 16.3. The van der Waals surface area contributed by atoms with E-state index in [2.05, 4.69) is 41.5 Å². The lowest BCUT2D eigenvalue weighted by atomic mass is 9.62. The molecule has 2 rings (SSSR count). The van der Waals surface area contributed by atoms with Crippen molar-refractivity contribution in [2.24, 2.45) is 47.3 Å². The Morgan fingerprint density at radius 1 is 0.652 bits per heavy atom. The number of hydrogen-bond donors (Lipinski definition) is 2. The zero-order valence-corrected chi connectivity index (χ0v) is 16.2. The van der Waals surface area contributed by atoms with Crippen LogP contribution in [0.1, 0.15) is 73.6 Å². The van der Waals surface area contributed by atoms with Crippen LogP contribution >= 0.6 is 0 Å². The Hall–Kier alpha value is -0.0800. The molecule has 2 N–H and O–H groups in total. The minimum atomic E-state index is -0.322. The summed E-state index contributed by atoms with van der Waals surface area (Å²) in [6.45, 7) is 13.6. The Labute approximate surface area is 144 Å². The van der Waals surface area contributed by atoms with Crippen molar-refractivity contribution in [1.82, 2.24) is 0 Å². The van der Waals surface area contributed by atoms with Gasteiger partial charge < -0.3 is 10.2 Å². The SMILES string of the molecule is CC(C)C(C)[C@H]1CCCC2CC[C@H](C(C)C(C)C)C(O)C2C1O. The fourth-order valence-electron chi connectivity index (χ4n) is 5.36. The first kappa shape index (κ1) is 19.2. The highest BCUT2D eigenvalue weighted by Crippen LogP contribution is 2.48. The maximum atomic E-state index is 11.2. The zero-order valence-electron chi connectivity index (χ0n) is 16.2. The predicted octanol–water partition coefficient (Wildman–Crippen LogP) is 4.73. The van der Waals surface area contributed by atoms with Crippen molar-refractivity contribution in [3.05, 3.63) is 0 Å². The summed E-state index contributed by atoms with van der Waals surface area (Å²) in [6, 6.07) is 0. The van der Waals surface area contributed by atoms with E-state index in [0.29, 0.717) is 41.4 Å². The van der Waals surface area contributed by atoms with Crippen LogP contribution in [0, 0.1) is 47.3 Å². The Kier molecular flexibility index (Phi) is 6.58. The van der Waals surface area contributed by atoms with Crippen LogP contribution in [0.25, 0.3) is 0 Å². The van der Waals surface area contributed by atoms with E-state index >= 15 is 0 Å². The van der Waals surface area contributed by atoms with Crippen LogP contribution in [0.5, 0.6) is 0 Å². The third-order valence-corrected chi connectivity index (χ3v) is 7.65. The van der Waals surface area contributed by atoms with Gasteiger partial charge in [0.2, 0.25) is 0 Å². The number of aliphatic hydroxyl groups excluding tert-OH is 2. The van der Waals surface area contributed by atoms with Gasteiger partial charge in [0.1, 0.15) is 0 Å². The summed E-state index contributed by atoms with van der Waals surface area (Å²) in [5.74, 6) is 3.59.